The Labute approximate surface area is 153 Å². The third-order valence-electron chi connectivity index (χ3n) is 3.49. The molecule has 2 aromatic carbocycles. The predicted molar refractivity (Wildman–Crippen MR) is 94.6 cm³/mol. The van der Waals surface area contributed by atoms with Crippen molar-refractivity contribution in [1.82, 2.24) is 0 Å². The molecule has 0 atom stereocenters. The monoisotopic (exact) mass is 373 g/mol. The molecule has 27 heavy (non-hydrogen) atoms. The molecule has 0 aliphatic heterocycles. The van der Waals surface area contributed by atoms with Crippen LogP contribution in [0.15, 0.2) is 48.5 Å². The average molecular weight is 373 g/mol. The molecule has 0 fully saturated rings. The second-order valence-corrected chi connectivity index (χ2v) is 5.34. The lowest BCUT2D eigenvalue weighted by Crippen LogP contribution is -2.17. The number of rotatable bonds is 9. The third kappa shape index (κ3) is 5.59. The minimum Gasteiger partial charge on any atom is -0.457 e. The topological polar surface area (TPSA) is 142 Å². The van der Waals surface area contributed by atoms with Gasteiger partial charge in [0.05, 0.1) is 22.3 Å². The van der Waals surface area contributed by atoms with Crippen LogP contribution in [0.3, 0.4) is 0 Å². The van der Waals surface area contributed by atoms with Gasteiger partial charge in [0.1, 0.15) is 5.69 Å². The van der Waals surface area contributed by atoms with Crippen LogP contribution in [0.2, 0.25) is 0 Å². The van der Waals surface area contributed by atoms with Gasteiger partial charge >= 0.3 is 5.97 Å². The zero-order chi connectivity index (χ0) is 19.8. The molecule has 0 aliphatic carbocycles. The first-order valence-corrected chi connectivity index (χ1v) is 7.79. The molecule has 0 aliphatic rings. The van der Waals surface area contributed by atoms with E-state index >= 15 is 0 Å². The highest BCUT2D eigenvalue weighted by Crippen LogP contribution is 2.28. The van der Waals surface area contributed by atoms with E-state index in [1.165, 1.54) is 6.07 Å². The summed E-state index contributed by atoms with van der Waals surface area (Å²) in [5.41, 5.74) is -0.424. The van der Waals surface area contributed by atoms with Crippen LogP contribution >= 0.6 is 0 Å². The van der Waals surface area contributed by atoms with Crippen LogP contribution in [-0.2, 0) is 9.53 Å². The second kappa shape index (κ2) is 9.04. The number of ether oxygens (including phenoxy) is 1. The molecule has 2 aromatic rings. The first kappa shape index (κ1) is 19.5. The molecule has 0 spiro atoms. The van der Waals surface area contributed by atoms with Gasteiger partial charge in [-0.3, -0.25) is 29.8 Å². The van der Waals surface area contributed by atoms with E-state index in [1.807, 2.05) is 0 Å². The minimum atomic E-state index is -0.758. The summed E-state index contributed by atoms with van der Waals surface area (Å²) in [5, 5.41) is 24.4. The maximum absolute atomic E-state index is 11.8. The van der Waals surface area contributed by atoms with Crippen LogP contribution in [0.1, 0.15) is 16.8 Å². The highest BCUT2D eigenvalue weighted by Gasteiger charge is 2.19. The van der Waals surface area contributed by atoms with E-state index in [2.05, 4.69) is 5.32 Å². The number of ketones is 1. The highest BCUT2D eigenvalue weighted by atomic mass is 16.6. The number of benzene rings is 2. The second-order valence-electron chi connectivity index (χ2n) is 5.34. The SMILES string of the molecule is O=C(CCNc1ccc([N+](=O)[O-])cc1[N+](=O)[O-])OCC(=O)c1ccccc1. The number of nitro groups is 2. The van der Waals surface area contributed by atoms with Gasteiger partial charge in [-0.2, -0.15) is 0 Å². The molecule has 10 nitrogen and oxygen atoms in total. The average Bonchev–Trinajstić information content (AvgIpc) is 2.66. The van der Waals surface area contributed by atoms with Crippen molar-refractivity contribution in [2.24, 2.45) is 0 Å². The third-order valence-corrected chi connectivity index (χ3v) is 3.49. The summed E-state index contributed by atoms with van der Waals surface area (Å²) in [6.07, 6.45) is -0.143. The van der Waals surface area contributed by atoms with E-state index in [0.717, 1.165) is 12.1 Å². The molecular weight excluding hydrogens is 358 g/mol. The number of carbonyl (C=O) groups is 2. The number of carbonyl (C=O) groups excluding carboxylic acids is 2. The van der Waals surface area contributed by atoms with Gasteiger partial charge in [0, 0.05) is 18.2 Å². The van der Waals surface area contributed by atoms with Gasteiger partial charge in [0.15, 0.2) is 12.4 Å². The van der Waals surface area contributed by atoms with E-state index in [9.17, 15) is 29.8 Å². The fourth-order valence-corrected chi connectivity index (χ4v) is 2.16. The number of hydrogen-bond donors (Lipinski definition) is 1. The maximum Gasteiger partial charge on any atom is 0.308 e. The Morgan fingerprint density at radius 3 is 2.33 bits per heavy atom. The van der Waals surface area contributed by atoms with Crippen molar-refractivity contribution in [3.8, 4) is 0 Å². The summed E-state index contributed by atoms with van der Waals surface area (Å²) in [6.45, 7) is -0.405. The molecule has 0 saturated carbocycles. The number of esters is 1. The normalized spacial score (nSPS) is 10.1. The number of Topliss-reactive ketones (excluding diaryl/α,β-unsaturated/α-hetero) is 1. The highest BCUT2D eigenvalue weighted by molar-refractivity contribution is 5.97. The lowest BCUT2D eigenvalue weighted by molar-refractivity contribution is -0.393. The molecule has 2 rings (SSSR count). The zero-order valence-electron chi connectivity index (χ0n) is 14.0. The lowest BCUT2D eigenvalue weighted by Gasteiger charge is -2.07. The van der Waals surface area contributed by atoms with Crippen molar-refractivity contribution >= 4 is 28.8 Å². The molecule has 0 unspecified atom stereocenters. The van der Waals surface area contributed by atoms with Gasteiger partial charge in [0.25, 0.3) is 11.4 Å². The Morgan fingerprint density at radius 2 is 1.70 bits per heavy atom. The number of nitrogens with one attached hydrogen (secondary N) is 1. The quantitative estimate of drug-likeness (QED) is 0.306. The van der Waals surface area contributed by atoms with E-state index in [-0.39, 0.29) is 24.4 Å². The summed E-state index contributed by atoms with van der Waals surface area (Å²) >= 11 is 0. The summed E-state index contributed by atoms with van der Waals surface area (Å²) < 4.78 is 4.87. The fraction of sp³-hybridized carbons (Fsp3) is 0.176. The van der Waals surface area contributed by atoms with Gasteiger partial charge < -0.3 is 10.1 Å². The fourth-order valence-electron chi connectivity index (χ4n) is 2.16. The zero-order valence-corrected chi connectivity index (χ0v) is 14.0. The maximum atomic E-state index is 11.8. The van der Waals surface area contributed by atoms with E-state index in [1.54, 1.807) is 30.3 Å². The van der Waals surface area contributed by atoms with Crippen LogP contribution in [0.4, 0.5) is 17.1 Å². The van der Waals surface area contributed by atoms with Gasteiger partial charge in [-0.05, 0) is 6.07 Å². The summed E-state index contributed by atoms with van der Waals surface area (Å²) in [7, 11) is 0. The van der Waals surface area contributed by atoms with Crippen LogP contribution in [0, 0.1) is 20.2 Å². The van der Waals surface area contributed by atoms with Crippen molar-refractivity contribution in [2.75, 3.05) is 18.5 Å². The smallest absolute Gasteiger partial charge is 0.308 e. The molecule has 140 valence electrons. The number of nitrogens with zero attached hydrogens (tertiary/aromatic N) is 2. The van der Waals surface area contributed by atoms with Crippen LogP contribution in [0.25, 0.3) is 0 Å². The summed E-state index contributed by atoms with van der Waals surface area (Å²) in [6, 6.07) is 11.5. The molecule has 0 saturated heterocycles. The Bertz CT molecular complexity index is 868. The van der Waals surface area contributed by atoms with Gasteiger partial charge in [-0.1, -0.05) is 30.3 Å². The Hall–Kier alpha value is -3.82. The van der Waals surface area contributed by atoms with Crippen molar-refractivity contribution in [3.63, 3.8) is 0 Å². The van der Waals surface area contributed by atoms with Crippen molar-refractivity contribution in [3.05, 3.63) is 74.3 Å². The van der Waals surface area contributed by atoms with Gasteiger partial charge in [-0.15, -0.1) is 0 Å². The molecule has 0 heterocycles. The standard InChI is InChI=1S/C17H15N3O7/c21-16(12-4-2-1-3-5-12)11-27-17(22)8-9-18-14-7-6-13(19(23)24)10-15(14)20(25)26/h1-7,10,18H,8-9,11H2. The van der Waals surface area contributed by atoms with Crippen molar-refractivity contribution < 1.29 is 24.2 Å². The number of non-ortho nitro benzene ring substituents is 1. The Kier molecular flexibility index (Phi) is 6.53. The first-order valence-electron chi connectivity index (χ1n) is 7.79. The molecule has 0 bridgehead atoms. The van der Waals surface area contributed by atoms with Crippen LogP contribution < -0.4 is 5.32 Å². The van der Waals surface area contributed by atoms with Gasteiger partial charge in [-0.25, -0.2) is 0 Å². The molecule has 10 heteroatoms. The Morgan fingerprint density at radius 1 is 1.00 bits per heavy atom. The summed E-state index contributed by atoms with van der Waals surface area (Å²) in [5.74, 6) is -1.00. The lowest BCUT2D eigenvalue weighted by atomic mass is 10.1. The van der Waals surface area contributed by atoms with Gasteiger partial charge in [0.2, 0.25) is 0 Å². The van der Waals surface area contributed by atoms with E-state index in [4.69, 9.17) is 4.74 Å². The molecule has 0 amide bonds. The van der Waals surface area contributed by atoms with Crippen molar-refractivity contribution in [2.45, 2.75) is 6.42 Å². The molecule has 0 aromatic heterocycles. The van der Waals surface area contributed by atoms with E-state index < -0.39 is 33.8 Å². The number of anilines is 1. The predicted octanol–water partition coefficient (Wildman–Crippen LogP) is 2.73. The van der Waals surface area contributed by atoms with Crippen LogP contribution in [0.5, 0.6) is 0 Å². The molecule has 1 N–H and O–H groups in total. The number of hydrogen-bond acceptors (Lipinski definition) is 8. The van der Waals surface area contributed by atoms with Crippen LogP contribution in [-0.4, -0.2) is 34.8 Å². The molecule has 0 radical (unpaired) electrons. The minimum absolute atomic E-state index is 0.00296. The largest absolute Gasteiger partial charge is 0.457 e. The number of nitro benzene ring substituents is 2. The first-order chi connectivity index (χ1) is 12.9. The van der Waals surface area contributed by atoms with E-state index in [0.29, 0.717) is 5.56 Å². The molecular formula is C17H15N3O7. The Balaban J connectivity index is 1.85. The van der Waals surface area contributed by atoms with Crippen molar-refractivity contribution in [1.29, 1.82) is 0 Å². The summed E-state index contributed by atoms with van der Waals surface area (Å²) in [4.78, 5) is 43.7.